The van der Waals surface area contributed by atoms with Crippen molar-refractivity contribution >= 4 is 22.9 Å². The van der Waals surface area contributed by atoms with Gasteiger partial charge in [0.2, 0.25) is 0 Å². The van der Waals surface area contributed by atoms with Crippen LogP contribution in [0.15, 0.2) is 29.3 Å². The summed E-state index contributed by atoms with van der Waals surface area (Å²) in [6.45, 7) is 0.494. The van der Waals surface area contributed by atoms with Crippen LogP contribution in [0.4, 0.5) is 4.39 Å². The Morgan fingerprint density at radius 1 is 1.33 bits per heavy atom. The third kappa shape index (κ3) is 6.09. The lowest BCUT2D eigenvalue weighted by Gasteiger charge is -2.05. The van der Waals surface area contributed by atoms with Gasteiger partial charge in [0.15, 0.2) is 11.1 Å². The molecule has 0 saturated carbocycles. The first-order valence-corrected chi connectivity index (χ1v) is 6.26. The van der Waals surface area contributed by atoms with Crippen LogP contribution in [0, 0.1) is 11.2 Å². The average molecular weight is 270 g/mol. The minimum atomic E-state index is -0.288. The molecule has 0 atom stereocenters. The highest BCUT2D eigenvalue weighted by atomic mass is 32.2. The highest BCUT2D eigenvalue weighted by molar-refractivity contribution is 8.13. The van der Waals surface area contributed by atoms with E-state index >= 15 is 0 Å². The Morgan fingerprint density at radius 3 is 2.61 bits per heavy atom. The van der Waals surface area contributed by atoms with Gasteiger partial charge in [-0.15, -0.1) is 0 Å². The van der Waals surface area contributed by atoms with Gasteiger partial charge in [0.1, 0.15) is 11.6 Å². The number of aliphatic imine (C=N–C) groups is 1. The predicted octanol–water partition coefficient (Wildman–Crippen LogP) is 1.54. The van der Waals surface area contributed by atoms with Crippen molar-refractivity contribution in [2.45, 2.75) is 6.42 Å². The Hall–Kier alpha value is -1.76. The molecule has 0 bridgehead atoms. The number of ether oxygens (including phenoxy) is 1. The maximum absolute atomic E-state index is 12.6. The highest BCUT2D eigenvalue weighted by Crippen LogP contribution is 2.12. The number of nitrogens with two attached hydrogens (primary N) is 2. The highest BCUT2D eigenvalue weighted by Gasteiger charge is 1.98. The quantitative estimate of drug-likeness (QED) is 0.429. The fraction of sp³-hybridized carbons (Fsp3) is 0.273. The molecule has 0 aliphatic rings. The molecule has 0 amide bonds. The monoisotopic (exact) mass is 270 g/mol. The smallest absolute Gasteiger partial charge is 0.193 e. The average Bonchev–Trinajstić information content (AvgIpc) is 2.30. The normalized spacial score (nSPS) is 9.83. The van der Waals surface area contributed by atoms with Crippen molar-refractivity contribution in [2.24, 2.45) is 16.5 Å². The Labute approximate surface area is 109 Å². The zero-order chi connectivity index (χ0) is 13.4. The predicted molar refractivity (Wildman–Crippen MR) is 72.5 cm³/mol. The molecule has 0 aliphatic heterocycles. The Morgan fingerprint density at radius 2 is 2.00 bits per heavy atom. The van der Waals surface area contributed by atoms with Crippen LogP contribution >= 0.6 is 11.8 Å². The molecule has 0 fully saturated rings. The molecule has 1 aromatic carbocycles. The van der Waals surface area contributed by atoms with Crippen LogP contribution < -0.4 is 16.2 Å². The topological polar surface area (TPSA) is 97.5 Å². The van der Waals surface area contributed by atoms with Gasteiger partial charge in [-0.25, -0.2) is 4.39 Å². The fourth-order valence-electron chi connectivity index (χ4n) is 1.10. The van der Waals surface area contributed by atoms with Gasteiger partial charge in [-0.1, -0.05) is 11.8 Å². The number of thioether (sulfide) groups is 1. The molecule has 1 rings (SSSR count). The van der Waals surface area contributed by atoms with Crippen molar-refractivity contribution in [1.29, 1.82) is 5.41 Å². The number of hydrogen-bond donors (Lipinski definition) is 3. The van der Waals surface area contributed by atoms with Gasteiger partial charge in [-0.2, -0.15) is 4.99 Å². The fourth-order valence-corrected chi connectivity index (χ4v) is 1.72. The third-order valence-electron chi connectivity index (χ3n) is 1.84. The lowest BCUT2D eigenvalue weighted by atomic mass is 10.3. The van der Waals surface area contributed by atoms with E-state index in [2.05, 4.69) is 4.99 Å². The maximum Gasteiger partial charge on any atom is 0.193 e. The van der Waals surface area contributed by atoms with Gasteiger partial charge in [0.05, 0.1) is 6.61 Å². The molecule has 0 saturated heterocycles. The van der Waals surface area contributed by atoms with E-state index in [1.165, 1.54) is 23.9 Å². The Balaban J connectivity index is 2.14. The summed E-state index contributed by atoms with van der Waals surface area (Å²) >= 11 is 1.24. The van der Waals surface area contributed by atoms with E-state index in [1.807, 2.05) is 0 Å². The molecule has 98 valence electrons. The molecule has 0 heterocycles. The second-order valence-electron chi connectivity index (χ2n) is 3.35. The molecule has 0 aromatic heterocycles. The van der Waals surface area contributed by atoms with Crippen molar-refractivity contribution in [3.8, 4) is 5.75 Å². The summed E-state index contributed by atoms with van der Waals surface area (Å²) in [5, 5.41) is 7.46. The minimum Gasteiger partial charge on any atom is -0.494 e. The number of rotatable bonds is 5. The lowest BCUT2D eigenvalue weighted by Crippen LogP contribution is -2.23. The number of nitrogens with one attached hydrogen (secondary N) is 1. The van der Waals surface area contributed by atoms with Crippen molar-refractivity contribution in [3.05, 3.63) is 30.1 Å². The standard InChI is InChI=1S/C11H15FN4OS/c12-8-2-4-9(5-3-8)17-6-1-7-18-11(15)16-10(13)14/h2-5H,1,6-7H2,(H5,13,14,15,16). The summed E-state index contributed by atoms with van der Waals surface area (Å²) in [5.74, 6) is 0.899. The Kier molecular flexibility index (Phi) is 5.99. The minimum absolute atomic E-state index is 0.0804. The molecule has 0 unspecified atom stereocenters. The van der Waals surface area contributed by atoms with Crippen molar-refractivity contribution in [3.63, 3.8) is 0 Å². The summed E-state index contributed by atoms with van der Waals surface area (Å²) in [7, 11) is 0. The van der Waals surface area contributed by atoms with Gasteiger partial charge < -0.3 is 16.2 Å². The van der Waals surface area contributed by atoms with Crippen LogP contribution in [-0.2, 0) is 0 Å². The molecular formula is C11H15FN4OS. The number of halogens is 1. The van der Waals surface area contributed by atoms with Crippen LogP contribution in [0.25, 0.3) is 0 Å². The van der Waals surface area contributed by atoms with Gasteiger partial charge in [0.25, 0.3) is 0 Å². The van der Waals surface area contributed by atoms with Crippen LogP contribution in [0.2, 0.25) is 0 Å². The molecular weight excluding hydrogens is 255 g/mol. The molecule has 1 aromatic rings. The van der Waals surface area contributed by atoms with E-state index < -0.39 is 0 Å². The van der Waals surface area contributed by atoms with Crippen molar-refractivity contribution < 1.29 is 9.13 Å². The number of benzene rings is 1. The molecule has 18 heavy (non-hydrogen) atoms. The van der Waals surface area contributed by atoms with Crippen LogP contribution in [0.5, 0.6) is 5.75 Å². The molecule has 0 aliphatic carbocycles. The van der Waals surface area contributed by atoms with E-state index in [0.717, 1.165) is 6.42 Å². The maximum atomic E-state index is 12.6. The zero-order valence-electron chi connectivity index (χ0n) is 9.73. The van der Waals surface area contributed by atoms with E-state index in [1.54, 1.807) is 12.1 Å². The summed E-state index contributed by atoms with van der Waals surface area (Å²) < 4.78 is 18.0. The van der Waals surface area contributed by atoms with E-state index in [9.17, 15) is 4.39 Å². The number of hydrogen-bond acceptors (Lipinski definition) is 3. The van der Waals surface area contributed by atoms with Gasteiger partial charge in [-0.3, -0.25) is 5.41 Å². The molecule has 5 N–H and O–H groups in total. The molecule has 0 spiro atoms. The summed E-state index contributed by atoms with van der Waals surface area (Å²) in [6, 6.07) is 5.84. The Bertz CT molecular complexity index is 418. The number of nitrogens with zero attached hydrogens (tertiary/aromatic N) is 1. The first-order chi connectivity index (χ1) is 8.58. The van der Waals surface area contributed by atoms with Crippen molar-refractivity contribution in [1.82, 2.24) is 0 Å². The lowest BCUT2D eigenvalue weighted by molar-refractivity contribution is 0.318. The van der Waals surface area contributed by atoms with E-state index in [-0.39, 0.29) is 16.9 Å². The zero-order valence-corrected chi connectivity index (χ0v) is 10.5. The van der Waals surface area contributed by atoms with Gasteiger partial charge in [-0.05, 0) is 30.7 Å². The van der Waals surface area contributed by atoms with Crippen LogP contribution in [-0.4, -0.2) is 23.5 Å². The first kappa shape index (κ1) is 14.3. The van der Waals surface area contributed by atoms with Crippen LogP contribution in [0.3, 0.4) is 0 Å². The molecule has 5 nitrogen and oxygen atoms in total. The van der Waals surface area contributed by atoms with E-state index in [4.69, 9.17) is 21.6 Å². The second-order valence-corrected chi connectivity index (χ2v) is 4.43. The van der Waals surface area contributed by atoms with Gasteiger partial charge >= 0.3 is 0 Å². The number of guanidine groups is 1. The summed E-state index contributed by atoms with van der Waals surface area (Å²) in [4.78, 5) is 3.58. The van der Waals surface area contributed by atoms with Crippen LogP contribution in [0.1, 0.15) is 6.42 Å². The third-order valence-corrected chi connectivity index (χ3v) is 2.70. The second kappa shape index (κ2) is 7.54. The molecule has 0 radical (unpaired) electrons. The number of amidine groups is 1. The SMILES string of the molecule is N=C(N=C(N)N)SCCCOc1ccc(F)cc1. The molecule has 7 heteroatoms. The summed E-state index contributed by atoms with van der Waals surface area (Å²) in [5.41, 5.74) is 10.3. The van der Waals surface area contributed by atoms with Crippen molar-refractivity contribution in [2.75, 3.05) is 12.4 Å². The summed E-state index contributed by atoms with van der Waals surface area (Å²) in [6.07, 6.45) is 0.740. The van der Waals surface area contributed by atoms with E-state index in [0.29, 0.717) is 18.1 Å². The van der Waals surface area contributed by atoms with Gasteiger partial charge in [0, 0.05) is 5.75 Å². The largest absolute Gasteiger partial charge is 0.494 e. The first-order valence-electron chi connectivity index (χ1n) is 5.27.